The third-order valence-corrected chi connectivity index (χ3v) is 4.77. The second-order valence-corrected chi connectivity index (χ2v) is 7.11. The number of ether oxygens (including phenoxy) is 1. The first-order chi connectivity index (χ1) is 13.1. The molecule has 0 aliphatic carbocycles. The lowest BCUT2D eigenvalue weighted by Crippen LogP contribution is -2.39. The average molecular weight is 374 g/mol. The maximum atomic E-state index is 5.80. The Morgan fingerprint density at radius 3 is 2.67 bits per heavy atom. The van der Waals surface area contributed by atoms with Gasteiger partial charge < -0.3 is 19.9 Å². The molecule has 0 radical (unpaired) electrons. The van der Waals surface area contributed by atoms with Gasteiger partial charge in [-0.1, -0.05) is 26.0 Å². The number of imidazole rings is 1. The van der Waals surface area contributed by atoms with E-state index in [4.69, 9.17) is 4.74 Å². The third-order valence-electron chi connectivity index (χ3n) is 4.77. The molecule has 0 bridgehead atoms. The van der Waals surface area contributed by atoms with Crippen molar-refractivity contribution in [2.45, 2.75) is 53.2 Å². The van der Waals surface area contributed by atoms with Crippen LogP contribution in [0.2, 0.25) is 0 Å². The summed E-state index contributed by atoms with van der Waals surface area (Å²) in [4.78, 5) is 8.94. The van der Waals surface area contributed by atoms with Crippen molar-refractivity contribution < 1.29 is 4.74 Å². The number of hydrogen-bond donors (Lipinski definition) is 2. The first-order valence-electron chi connectivity index (χ1n) is 10.0. The zero-order valence-electron chi connectivity index (χ0n) is 17.5. The van der Waals surface area contributed by atoms with Crippen molar-refractivity contribution in [1.29, 1.82) is 0 Å². The summed E-state index contributed by atoms with van der Waals surface area (Å²) in [5.41, 5.74) is 2.27. The second kappa shape index (κ2) is 10.9. The predicted octanol–water partition coefficient (Wildman–Crippen LogP) is 3.35. The second-order valence-electron chi connectivity index (χ2n) is 7.11. The Balaban J connectivity index is 1.74. The molecule has 1 aromatic heterocycles. The Labute approximate surface area is 163 Å². The highest BCUT2D eigenvalue weighted by Gasteiger charge is 2.13. The van der Waals surface area contributed by atoms with Crippen molar-refractivity contribution in [2.75, 3.05) is 26.7 Å². The van der Waals surface area contributed by atoms with Gasteiger partial charge in [0.1, 0.15) is 5.82 Å². The Bertz CT molecular complexity index is 722. The number of para-hydroxylation sites is 2. The van der Waals surface area contributed by atoms with Gasteiger partial charge in [-0.05, 0) is 44.7 Å². The number of rotatable bonds is 10. The van der Waals surface area contributed by atoms with Crippen LogP contribution in [-0.2, 0) is 11.3 Å². The molecular weight excluding hydrogens is 338 g/mol. The van der Waals surface area contributed by atoms with E-state index in [-0.39, 0.29) is 6.10 Å². The van der Waals surface area contributed by atoms with Crippen molar-refractivity contribution in [3.05, 3.63) is 30.1 Å². The van der Waals surface area contributed by atoms with E-state index in [2.05, 4.69) is 71.1 Å². The van der Waals surface area contributed by atoms with Crippen molar-refractivity contribution in [3.63, 3.8) is 0 Å². The average Bonchev–Trinajstić information content (AvgIpc) is 2.97. The highest BCUT2D eigenvalue weighted by molar-refractivity contribution is 5.79. The van der Waals surface area contributed by atoms with E-state index in [0.717, 1.165) is 56.4 Å². The summed E-state index contributed by atoms with van der Waals surface area (Å²) < 4.78 is 8.08. The standard InChI is InChI=1S/C21H35N5O/c1-6-27-20(16(2)3)12-14-24-21(22-5)23-13-9-15-26-17(4)25-18-10-7-8-11-19(18)26/h7-8,10-11,16,20H,6,9,12-15H2,1-5H3,(H2,22,23,24). The molecular formula is C21H35N5O. The molecule has 2 N–H and O–H groups in total. The molecule has 6 heteroatoms. The van der Waals surface area contributed by atoms with Gasteiger partial charge in [0, 0.05) is 33.3 Å². The lowest BCUT2D eigenvalue weighted by atomic mass is 10.0. The summed E-state index contributed by atoms with van der Waals surface area (Å²) in [5.74, 6) is 2.44. The number of guanidine groups is 1. The minimum Gasteiger partial charge on any atom is -0.378 e. The highest BCUT2D eigenvalue weighted by atomic mass is 16.5. The van der Waals surface area contributed by atoms with Crippen LogP contribution in [0.1, 0.15) is 39.4 Å². The quantitative estimate of drug-likeness (QED) is 0.381. The number of aliphatic imine (C=N–C) groups is 1. The minimum atomic E-state index is 0.290. The maximum Gasteiger partial charge on any atom is 0.190 e. The monoisotopic (exact) mass is 373 g/mol. The Hall–Kier alpha value is -2.08. The third kappa shape index (κ3) is 6.24. The molecule has 0 saturated carbocycles. The fraction of sp³-hybridized carbons (Fsp3) is 0.619. The summed E-state index contributed by atoms with van der Waals surface area (Å²) in [5, 5.41) is 6.79. The van der Waals surface area contributed by atoms with Gasteiger partial charge in [-0.2, -0.15) is 0 Å². The van der Waals surface area contributed by atoms with Crippen LogP contribution >= 0.6 is 0 Å². The summed E-state index contributed by atoms with van der Waals surface area (Å²) in [7, 11) is 1.81. The molecule has 150 valence electrons. The molecule has 0 fully saturated rings. The van der Waals surface area contributed by atoms with Crippen molar-refractivity contribution >= 4 is 17.0 Å². The number of benzene rings is 1. The summed E-state index contributed by atoms with van der Waals surface area (Å²) in [6.07, 6.45) is 2.28. The summed E-state index contributed by atoms with van der Waals surface area (Å²) in [6.45, 7) is 11.9. The van der Waals surface area contributed by atoms with E-state index in [1.165, 1.54) is 5.52 Å². The van der Waals surface area contributed by atoms with Gasteiger partial charge >= 0.3 is 0 Å². The predicted molar refractivity (Wildman–Crippen MR) is 113 cm³/mol. The fourth-order valence-electron chi connectivity index (χ4n) is 3.30. The lowest BCUT2D eigenvalue weighted by molar-refractivity contribution is 0.0258. The number of hydrogen-bond acceptors (Lipinski definition) is 3. The van der Waals surface area contributed by atoms with Crippen LogP contribution in [0.5, 0.6) is 0 Å². The van der Waals surface area contributed by atoms with Crippen LogP contribution in [0.3, 0.4) is 0 Å². The molecule has 27 heavy (non-hydrogen) atoms. The highest BCUT2D eigenvalue weighted by Crippen LogP contribution is 2.15. The minimum absolute atomic E-state index is 0.290. The van der Waals surface area contributed by atoms with Gasteiger partial charge in [0.25, 0.3) is 0 Å². The van der Waals surface area contributed by atoms with Crippen LogP contribution in [0.4, 0.5) is 0 Å². The molecule has 0 amide bonds. The van der Waals surface area contributed by atoms with Crippen LogP contribution in [0, 0.1) is 12.8 Å². The van der Waals surface area contributed by atoms with Gasteiger partial charge in [0.05, 0.1) is 17.1 Å². The molecule has 1 heterocycles. The number of fused-ring (bicyclic) bond motifs is 1. The van der Waals surface area contributed by atoms with Gasteiger partial charge in [-0.3, -0.25) is 4.99 Å². The number of aromatic nitrogens is 2. The molecule has 0 aliphatic rings. The largest absolute Gasteiger partial charge is 0.378 e. The Morgan fingerprint density at radius 2 is 1.96 bits per heavy atom. The SMILES string of the molecule is CCOC(CCNC(=NC)NCCCn1c(C)nc2ccccc21)C(C)C. The molecule has 0 saturated heterocycles. The normalized spacial score (nSPS) is 13.3. The van der Waals surface area contributed by atoms with Crippen LogP contribution < -0.4 is 10.6 Å². The maximum absolute atomic E-state index is 5.80. The van der Waals surface area contributed by atoms with Crippen LogP contribution in [-0.4, -0.2) is 48.4 Å². The molecule has 0 aliphatic heterocycles. The molecule has 2 aromatic rings. The Kier molecular flexibility index (Phi) is 8.58. The zero-order chi connectivity index (χ0) is 19.6. The number of nitrogens with one attached hydrogen (secondary N) is 2. The van der Waals surface area contributed by atoms with E-state index in [0.29, 0.717) is 5.92 Å². The van der Waals surface area contributed by atoms with Gasteiger partial charge in [0.2, 0.25) is 0 Å². The first kappa shape index (κ1) is 21.2. The Morgan fingerprint density at radius 1 is 1.22 bits per heavy atom. The fourth-order valence-corrected chi connectivity index (χ4v) is 3.30. The van der Waals surface area contributed by atoms with Crippen molar-refractivity contribution in [2.24, 2.45) is 10.9 Å². The van der Waals surface area contributed by atoms with E-state index in [9.17, 15) is 0 Å². The molecule has 2 rings (SSSR count). The molecule has 6 nitrogen and oxygen atoms in total. The topological polar surface area (TPSA) is 63.5 Å². The van der Waals surface area contributed by atoms with Crippen molar-refractivity contribution in [3.8, 4) is 0 Å². The zero-order valence-corrected chi connectivity index (χ0v) is 17.5. The summed E-state index contributed by atoms with van der Waals surface area (Å²) in [6, 6.07) is 8.30. The number of aryl methyl sites for hydroxylation is 2. The van der Waals surface area contributed by atoms with Crippen LogP contribution in [0.25, 0.3) is 11.0 Å². The van der Waals surface area contributed by atoms with E-state index >= 15 is 0 Å². The molecule has 1 atom stereocenters. The summed E-state index contributed by atoms with van der Waals surface area (Å²) >= 11 is 0. The van der Waals surface area contributed by atoms with E-state index in [1.807, 2.05) is 13.1 Å². The lowest BCUT2D eigenvalue weighted by Gasteiger charge is -2.21. The van der Waals surface area contributed by atoms with Crippen molar-refractivity contribution in [1.82, 2.24) is 20.2 Å². The van der Waals surface area contributed by atoms with Gasteiger partial charge in [-0.25, -0.2) is 4.98 Å². The number of nitrogens with zero attached hydrogens (tertiary/aromatic N) is 3. The first-order valence-corrected chi connectivity index (χ1v) is 10.0. The van der Waals surface area contributed by atoms with E-state index < -0.39 is 0 Å². The van der Waals surface area contributed by atoms with Crippen LogP contribution in [0.15, 0.2) is 29.3 Å². The molecule has 1 aromatic carbocycles. The molecule has 1 unspecified atom stereocenters. The molecule has 0 spiro atoms. The smallest absolute Gasteiger partial charge is 0.190 e. The van der Waals surface area contributed by atoms with Gasteiger partial charge in [0.15, 0.2) is 5.96 Å². The van der Waals surface area contributed by atoms with Gasteiger partial charge in [-0.15, -0.1) is 0 Å². The van der Waals surface area contributed by atoms with E-state index in [1.54, 1.807) is 0 Å².